The van der Waals surface area contributed by atoms with E-state index in [1.54, 1.807) is 0 Å². The zero-order valence-electron chi connectivity index (χ0n) is 10.3. The van der Waals surface area contributed by atoms with Crippen molar-refractivity contribution < 1.29 is 14.7 Å². The van der Waals surface area contributed by atoms with Crippen LogP contribution in [0.1, 0.15) is 20.3 Å². The Morgan fingerprint density at radius 3 is 2.25 bits per heavy atom. The maximum Gasteiger partial charge on any atom is 0.325 e. The average molecular weight is 231 g/mol. The molecule has 2 amide bonds. The third kappa shape index (κ3) is 7.05. The second kappa shape index (κ2) is 7.05. The number of nitrogens with one attached hydrogen (secondary N) is 2. The Labute approximate surface area is 96.0 Å². The van der Waals surface area contributed by atoms with Crippen LogP contribution in [0.5, 0.6) is 0 Å². The maximum atomic E-state index is 11.3. The molecule has 0 aliphatic carbocycles. The monoisotopic (exact) mass is 231 g/mol. The highest BCUT2D eigenvalue weighted by Crippen LogP contribution is 1.92. The topological polar surface area (TPSA) is 81.7 Å². The molecule has 0 aliphatic heterocycles. The van der Waals surface area contributed by atoms with E-state index in [0.29, 0.717) is 0 Å². The minimum absolute atomic E-state index is 0.0170. The van der Waals surface area contributed by atoms with Gasteiger partial charge in [-0.15, -0.1) is 0 Å². The molecule has 2 atom stereocenters. The normalized spacial score (nSPS) is 14.3. The molecule has 6 nitrogen and oxygen atoms in total. The minimum atomic E-state index is -1.05. The van der Waals surface area contributed by atoms with Crippen LogP contribution in [-0.2, 0) is 4.79 Å². The van der Waals surface area contributed by atoms with Crippen LogP contribution in [0.2, 0.25) is 0 Å². The van der Waals surface area contributed by atoms with Crippen LogP contribution in [0.15, 0.2) is 0 Å². The Morgan fingerprint density at radius 2 is 1.81 bits per heavy atom. The summed E-state index contributed by atoms with van der Waals surface area (Å²) in [6.07, 6.45) is 0.821. The summed E-state index contributed by atoms with van der Waals surface area (Å²) in [5.41, 5.74) is 0. The molecule has 0 aliphatic rings. The molecule has 0 fully saturated rings. The van der Waals surface area contributed by atoms with Crippen molar-refractivity contribution in [1.29, 1.82) is 0 Å². The lowest BCUT2D eigenvalue weighted by Gasteiger charge is -2.18. The second-order valence-electron chi connectivity index (χ2n) is 4.17. The van der Waals surface area contributed by atoms with Gasteiger partial charge >= 0.3 is 12.0 Å². The van der Waals surface area contributed by atoms with Gasteiger partial charge in [0.05, 0.1) is 0 Å². The Morgan fingerprint density at radius 1 is 1.25 bits per heavy atom. The van der Waals surface area contributed by atoms with E-state index in [-0.39, 0.29) is 6.04 Å². The summed E-state index contributed by atoms with van der Waals surface area (Å²) in [6.45, 7) is 4.18. The zero-order chi connectivity index (χ0) is 12.7. The number of carbonyl (C=O) groups excluding carboxylic acids is 1. The van der Waals surface area contributed by atoms with E-state index in [4.69, 9.17) is 5.11 Å². The van der Waals surface area contributed by atoms with Gasteiger partial charge in [-0.3, -0.25) is 4.79 Å². The summed E-state index contributed by atoms with van der Waals surface area (Å²) < 4.78 is 0. The van der Waals surface area contributed by atoms with Crippen molar-refractivity contribution in [2.75, 3.05) is 20.6 Å². The standard InChI is InChI=1S/C10H21N3O3/c1-7(5-6-13(3)4)11-10(16)12-8(2)9(14)15/h7-8H,5-6H2,1-4H3,(H,14,15)(H2,11,12,16). The summed E-state index contributed by atoms with van der Waals surface area (Å²) >= 11 is 0. The molecule has 0 aromatic heterocycles. The van der Waals surface area contributed by atoms with E-state index in [0.717, 1.165) is 13.0 Å². The molecule has 0 spiro atoms. The number of carboxylic acids is 1. The molecule has 3 N–H and O–H groups in total. The van der Waals surface area contributed by atoms with Gasteiger partial charge in [-0.1, -0.05) is 0 Å². The fourth-order valence-corrected chi connectivity index (χ4v) is 1.05. The number of amides is 2. The SMILES string of the molecule is CC(CCN(C)C)NC(=O)NC(C)C(=O)O. The molecule has 0 heterocycles. The Balaban J connectivity index is 3.82. The smallest absolute Gasteiger partial charge is 0.325 e. The highest BCUT2D eigenvalue weighted by atomic mass is 16.4. The first-order valence-electron chi connectivity index (χ1n) is 5.27. The van der Waals surface area contributed by atoms with Gasteiger partial charge in [0.1, 0.15) is 6.04 Å². The number of nitrogens with zero attached hydrogens (tertiary/aromatic N) is 1. The van der Waals surface area contributed by atoms with Crippen LogP contribution in [0, 0.1) is 0 Å². The largest absolute Gasteiger partial charge is 0.480 e. The zero-order valence-corrected chi connectivity index (χ0v) is 10.3. The van der Waals surface area contributed by atoms with Gasteiger partial charge in [-0.05, 0) is 40.9 Å². The first-order chi connectivity index (χ1) is 7.32. The van der Waals surface area contributed by atoms with Crippen molar-refractivity contribution in [2.45, 2.75) is 32.4 Å². The van der Waals surface area contributed by atoms with E-state index in [1.807, 2.05) is 25.9 Å². The van der Waals surface area contributed by atoms with Crippen LogP contribution in [0.25, 0.3) is 0 Å². The molecule has 0 saturated heterocycles. The van der Waals surface area contributed by atoms with E-state index in [9.17, 15) is 9.59 Å². The lowest BCUT2D eigenvalue weighted by atomic mass is 10.2. The van der Waals surface area contributed by atoms with Crippen molar-refractivity contribution in [3.05, 3.63) is 0 Å². The summed E-state index contributed by atoms with van der Waals surface area (Å²) in [6, 6.07) is -1.30. The molecule has 0 rings (SSSR count). The molecule has 0 radical (unpaired) electrons. The van der Waals surface area contributed by atoms with Gasteiger partial charge in [0.25, 0.3) is 0 Å². The van der Waals surface area contributed by atoms with Crippen LogP contribution in [0.4, 0.5) is 4.79 Å². The third-order valence-corrected chi connectivity index (χ3v) is 2.10. The average Bonchev–Trinajstić information content (AvgIpc) is 2.14. The molecule has 0 bridgehead atoms. The molecule has 6 heteroatoms. The summed E-state index contributed by atoms with van der Waals surface area (Å²) in [7, 11) is 3.92. The second-order valence-corrected chi connectivity index (χ2v) is 4.17. The van der Waals surface area contributed by atoms with E-state index in [2.05, 4.69) is 10.6 Å². The van der Waals surface area contributed by atoms with Gasteiger partial charge in [-0.2, -0.15) is 0 Å². The van der Waals surface area contributed by atoms with Crippen LogP contribution in [-0.4, -0.2) is 54.7 Å². The number of urea groups is 1. The number of carbonyl (C=O) groups is 2. The van der Waals surface area contributed by atoms with Gasteiger partial charge in [0.2, 0.25) is 0 Å². The van der Waals surface area contributed by atoms with E-state index >= 15 is 0 Å². The van der Waals surface area contributed by atoms with Gasteiger partial charge in [0, 0.05) is 6.04 Å². The van der Waals surface area contributed by atoms with Gasteiger partial charge in [-0.25, -0.2) is 4.79 Å². The van der Waals surface area contributed by atoms with Crippen molar-refractivity contribution >= 4 is 12.0 Å². The molecule has 94 valence electrons. The molecular weight excluding hydrogens is 210 g/mol. The lowest BCUT2D eigenvalue weighted by molar-refractivity contribution is -0.138. The van der Waals surface area contributed by atoms with E-state index in [1.165, 1.54) is 6.92 Å². The molecule has 16 heavy (non-hydrogen) atoms. The highest BCUT2D eigenvalue weighted by Gasteiger charge is 2.14. The van der Waals surface area contributed by atoms with Crippen molar-refractivity contribution in [3.8, 4) is 0 Å². The maximum absolute atomic E-state index is 11.3. The number of hydrogen-bond acceptors (Lipinski definition) is 3. The summed E-state index contributed by atoms with van der Waals surface area (Å²) in [5.74, 6) is -1.05. The van der Waals surface area contributed by atoms with E-state index < -0.39 is 18.0 Å². The van der Waals surface area contributed by atoms with Crippen LogP contribution in [0.3, 0.4) is 0 Å². The van der Waals surface area contributed by atoms with Crippen molar-refractivity contribution in [1.82, 2.24) is 15.5 Å². The molecule has 0 aromatic rings. The number of carboxylic acid groups (broad SMARTS) is 1. The summed E-state index contributed by atoms with van der Waals surface area (Å²) in [4.78, 5) is 23.8. The summed E-state index contributed by atoms with van der Waals surface area (Å²) in [5, 5.41) is 13.6. The van der Waals surface area contributed by atoms with Crippen molar-refractivity contribution in [3.63, 3.8) is 0 Å². The molecule has 0 aromatic carbocycles. The Bertz CT molecular complexity index is 243. The Hall–Kier alpha value is -1.30. The number of hydrogen-bond donors (Lipinski definition) is 3. The predicted molar refractivity (Wildman–Crippen MR) is 61.4 cm³/mol. The molecule has 2 unspecified atom stereocenters. The highest BCUT2D eigenvalue weighted by molar-refractivity contribution is 5.82. The fourth-order valence-electron chi connectivity index (χ4n) is 1.05. The van der Waals surface area contributed by atoms with Gasteiger partial charge < -0.3 is 20.6 Å². The first-order valence-corrected chi connectivity index (χ1v) is 5.27. The van der Waals surface area contributed by atoms with Crippen LogP contribution >= 0.6 is 0 Å². The number of rotatable bonds is 6. The van der Waals surface area contributed by atoms with Crippen LogP contribution < -0.4 is 10.6 Å². The lowest BCUT2D eigenvalue weighted by Crippen LogP contribution is -2.47. The fraction of sp³-hybridized carbons (Fsp3) is 0.800. The molecular formula is C10H21N3O3. The quantitative estimate of drug-likeness (QED) is 0.605. The van der Waals surface area contributed by atoms with Crippen molar-refractivity contribution in [2.24, 2.45) is 0 Å². The predicted octanol–water partition coefficient (Wildman–Crippen LogP) is 0.0989. The minimum Gasteiger partial charge on any atom is -0.480 e. The van der Waals surface area contributed by atoms with Gasteiger partial charge in [0.15, 0.2) is 0 Å². The Kier molecular flexibility index (Phi) is 6.48. The third-order valence-electron chi connectivity index (χ3n) is 2.10. The first kappa shape index (κ1) is 14.7. The molecule has 0 saturated carbocycles. The number of aliphatic carboxylic acids is 1.